The number of carbonyl (C=O) groups excluding carboxylic acids is 2. The van der Waals surface area contributed by atoms with Crippen LogP contribution >= 0.6 is 12.4 Å². The molecule has 0 radical (unpaired) electrons. The van der Waals surface area contributed by atoms with E-state index in [0.717, 1.165) is 5.69 Å². The number of rotatable bonds is 9. The van der Waals surface area contributed by atoms with Crippen LogP contribution in [0.15, 0.2) is 30.3 Å². The monoisotopic (exact) mass is 315 g/mol. The summed E-state index contributed by atoms with van der Waals surface area (Å²) in [5.74, 6) is -0.252. The lowest BCUT2D eigenvalue weighted by Gasteiger charge is -2.07. The number of amides is 2. The molecular weight excluding hydrogens is 294 g/mol. The van der Waals surface area contributed by atoms with Crippen molar-refractivity contribution in [3.05, 3.63) is 30.3 Å². The van der Waals surface area contributed by atoms with Crippen LogP contribution in [-0.4, -0.2) is 45.2 Å². The largest absolute Gasteiger partial charge is 0.383 e. The average Bonchev–Trinajstić information content (AvgIpc) is 2.45. The lowest BCUT2D eigenvalue weighted by atomic mass is 10.3. The third kappa shape index (κ3) is 9.84. The van der Waals surface area contributed by atoms with Gasteiger partial charge in [-0.1, -0.05) is 18.2 Å². The van der Waals surface area contributed by atoms with E-state index in [-0.39, 0.29) is 37.2 Å². The minimum atomic E-state index is -0.131. The molecule has 3 N–H and O–H groups in total. The molecule has 21 heavy (non-hydrogen) atoms. The fourth-order valence-electron chi connectivity index (χ4n) is 1.50. The number of halogens is 1. The van der Waals surface area contributed by atoms with Crippen LogP contribution in [0.25, 0.3) is 0 Å². The van der Waals surface area contributed by atoms with Gasteiger partial charge in [0.2, 0.25) is 11.8 Å². The zero-order valence-electron chi connectivity index (χ0n) is 12.1. The Kier molecular flexibility index (Phi) is 11.2. The van der Waals surface area contributed by atoms with Crippen molar-refractivity contribution in [3.8, 4) is 0 Å². The molecule has 0 saturated carbocycles. The molecule has 1 rings (SSSR count). The summed E-state index contributed by atoms with van der Waals surface area (Å²) in [6.07, 6.45) is 0.249. The molecule has 0 unspecified atom stereocenters. The van der Waals surface area contributed by atoms with Gasteiger partial charge in [0.05, 0.1) is 13.2 Å². The maximum atomic E-state index is 11.6. The van der Waals surface area contributed by atoms with Gasteiger partial charge in [-0.3, -0.25) is 9.59 Å². The van der Waals surface area contributed by atoms with Crippen LogP contribution < -0.4 is 16.0 Å². The molecule has 0 bridgehead atoms. The third-order valence-corrected chi connectivity index (χ3v) is 2.50. The van der Waals surface area contributed by atoms with E-state index < -0.39 is 0 Å². The zero-order chi connectivity index (χ0) is 14.6. The Bertz CT molecular complexity index is 415. The van der Waals surface area contributed by atoms with Crippen molar-refractivity contribution in [3.63, 3.8) is 0 Å². The molecule has 0 aliphatic heterocycles. The van der Waals surface area contributed by atoms with Gasteiger partial charge in [-0.25, -0.2) is 0 Å². The molecule has 2 amide bonds. The molecular formula is C14H22ClN3O3. The Labute approximate surface area is 131 Å². The van der Waals surface area contributed by atoms with Gasteiger partial charge in [-0.2, -0.15) is 0 Å². The summed E-state index contributed by atoms with van der Waals surface area (Å²) in [5, 5.41) is 8.35. The Balaban J connectivity index is 0.00000400. The van der Waals surface area contributed by atoms with E-state index in [1.807, 2.05) is 30.3 Å². The minimum absolute atomic E-state index is 0. The quantitative estimate of drug-likeness (QED) is 0.589. The van der Waals surface area contributed by atoms with Crippen molar-refractivity contribution in [2.24, 2.45) is 0 Å². The second-order valence-electron chi connectivity index (χ2n) is 4.18. The van der Waals surface area contributed by atoms with Crippen LogP contribution in [0, 0.1) is 0 Å². The molecule has 0 aliphatic carbocycles. The first-order valence-electron chi connectivity index (χ1n) is 6.53. The highest BCUT2D eigenvalue weighted by Gasteiger charge is 2.04. The highest BCUT2D eigenvalue weighted by molar-refractivity contribution is 5.91. The molecule has 7 heteroatoms. The summed E-state index contributed by atoms with van der Waals surface area (Å²) in [4.78, 5) is 23.0. The zero-order valence-corrected chi connectivity index (χ0v) is 12.9. The van der Waals surface area contributed by atoms with Gasteiger partial charge >= 0.3 is 0 Å². The van der Waals surface area contributed by atoms with Gasteiger partial charge < -0.3 is 20.7 Å². The van der Waals surface area contributed by atoms with Gasteiger partial charge in [-0.05, 0) is 12.1 Å². The molecule has 0 aliphatic rings. The van der Waals surface area contributed by atoms with Crippen LogP contribution in [0.2, 0.25) is 0 Å². The molecule has 0 atom stereocenters. The molecule has 1 aromatic rings. The van der Waals surface area contributed by atoms with Crippen molar-refractivity contribution in [1.29, 1.82) is 0 Å². The second-order valence-corrected chi connectivity index (χ2v) is 4.18. The summed E-state index contributed by atoms with van der Waals surface area (Å²) < 4.78 is 4.85. The molecule has 6 nitrogen and oxygen atoms in total. The first-order chi connectivity index (χ1) is 9.72. The van der Waals surface area contributed by atoms with Crippen molar-refractivity contribution in [1.82, 2.24) is 10.6 Å². The lowest BCUT2D eigenvalue weighted by molar-refractivity contribution is -0.120. The van der Waals surface area contributed by atoms with Gasteiger partial charge in [0.25, 0.3) is 0 Å². The van der Waals surface area contributed by atoms with Crippen molar-refractivity contribution < 1.29 is 14.3 Å². The number of ether oxygens (including phenoxy) is 1. The van der Waals surface area contributed by atoms with Gasteiger partial charge in [0.15, 0.2) is 0 Å². The third-order valence-electron chi connectivity index (χ3n) is 2.50. The summed E-state index contributed by atoms with van der Waals surface area (Å²) >= 11 is 0. The van der Waals surface area contributed by atoms with Gasteiger partial charge in [0, 0.05) is 32.3 Å². The lowest BCUT2D eigenvalue weighted by Crippen LogP contribution is -2.36. The molecule has 0 aromatic heterocycles. The van der Waals surface area contributed by atoms with Crippen LogP contribution in [0.4, 0.5) is 5.69 Å². The van der Waals surface area contributed by atoms with Crippen LogP contribution in [-0.2, 0) is 14.3 Å². The summed E-state index contributed by atoms with van der Waals surface area (Å²) in [6.45, 7) is 1.73. The number of benzene rings is 1. The summed E-state index contributed by atoms with van der Waals surface area (Å²) in [5.41, 5.74) is 0.755. The average molecular weight is 316 g/mol. The maximum absolute atomic E-state index is 11.6. The molecule has 0 heterocycles. The maximum Gasteiger partial charge on any atom is 0.233 e. The Morgan fingerprint density at radius 3 is 2.48 bits per heavy atom. The smallest absolute Gasteiger partial charge is 0.233 e. The summed E-state index contributed by atoms with van der Waals surface area (Å²) in [7, 11) is 1.60. The molecule has 0 fully saturated rings. The van der Waals surface area contributed by atoms with E-state index in [2.05, 4.69) is 16.0 Å². The van der Waals surface area contributed by atoms with Crippen LogP contribution in [0.5, 0.6) is 0 Å². The fourth-order valence-corrected chi connectivity index (χ4v) is 1.50. The second kappa shape index (κ2) is 12.1. The topological polar surface area (TPSA) is 79.5 Å². The number of hydrogen-bond acceptors (Lipinski definition) is 4. The molecule has 118 valence electrons. The highest BCUT2D eigenvalue weighted by Crippen LogP contribution is 2.04. The SMILES string of the molecule is COCCNCC(=O)NCCC(=O)Nc1ccccc1.Cl. The standard InChI is InChI=1S/C14H21N3O3.ClH/c1-20-10-9-15-11-14(19)16-8-7-13(18)17-12-5-3-2-4-6-12;/h2-6,15H,7-11H2,1H3,(H,16,19)(H,17,18);1H. The number of para-hydroxylation sites is 1. The van der Waals surface area contributed by atoms with E-state index in [0.29, 0.717) is 19.7 Å². The number of methoxy groups -OCH3 is 1. The Morgan fingerprint density at radius 2 is 1.81 bits per heavy atom. The minimum Gasteiger partial charge on any atom is -0.383 e. The number of anilines is 1. The van der Waals surface area contributed by atoms with Gasteiger partial charge in [-0.15, -0.1) is 12.4 Å². The Hall–Kier alpha value is -1.63. The van der Waals surface area contributed by atoms with Crippen LogP contribution in [0.3, 0.4) is 0 Å². The summed E-state index contributed by atoms with van der Waals surface area (Å²) in [6, 6.07) is 9.21. The predicted octanol–water partition coefficient (Wildman–Crippen LogP) is 0.789. The predicted molar refractivity (Wildman–Crippen MR) is 84.7 cm³/mol. The fraction of sp³-hybridized carbons (Fsp3) is 0.429. The van der Waals surface area contributed by atoms with Crippen LogP contribution in [0.1, 0.15) is 6.42 Å². The van der Waals surface area contributed by atoms with E-state index in [1.54, 1.807) is 7.11 Å². The van der Waals surface area contributed by atoms with Gasteiger partial charge in [0.1, 0.15) is 0 Å². The van der Waals surface area contributed by atoms with Crippen molar-refractivity contribution in [2.75, 3.05) is 38.7 Å². The van der Waals surface area contributed by atoms with E-state index >= 15 is 0 Å². The highest BCUT2D eigenvalue weighted by atomic mass is 35.5. The van der Waals surface area contributed by atoms with E-state index in [9.17, 15) is 9.59 Å². The Morgan fingerprint density at radius 1 is 1.10 bits per heavy atom. The first-order valence-corrected chi connectivity index (χ1v) is 6.53. The number of carbonyl (C=O) groups is 2. The first kappa shape index (κ1) is 19.4. The normalized spacial score (nSPS) is 9.57. The number of hydrogen-bond donors (Lipinski definition) is 3. The molecule has 0 saturated heterocycles. The van der Waals surface area contributed by atoms with Crippen molar-refractivity contribution in [2.45, 2.75) is 6.42 Å². The molecule has 1 aromatic carbocycles. The van der Waals surface area contributed by atoms with E-state index in [4.69, 9.17) is 4.74 Å². The molecule has 0 spiro atoms. The van der Waals surface area contributed by atoms with Crippen molar-refractivity contribution >= 4 is 29.9 Å². The van der Waals surface area contributed by atoms with E-state index in [1.165, 1.54) is 0 Å². The number of nitrogens with one attached hydrogen (secondary N) is 3.